The molecule has 0 radical (unpaired) electrons. The zero-order valence-corrected chi connectivity index (χ0v) is 22.2. The van der Waals surface area contributed by atoms with Gasteiger partial charge < -0.3 is 14.2 Å². The molecule has 0 atom stereocenters. The highest BCUT2D eigenvalue weighted by Gasteiger charge is 2.25. The van der Waals surface area contributed by atoms with E-state index in [9.17, 15) is 4.79 Å². The minimum Gasteiger partial charge on any atom is -0.490 e. The van der Waals surface area contributed by atoms with Crippen LogP contribution in [0.5, 0.6) is 11.5 Å². The molecule has 1 heterocycles. The van der Waals surface area contributed by atoms with Gasteiger partial charge in [-0.05, 0) is 93.9 Å². The standard InChI is InChI=1S/C29H21ClINO4/c1-2-34-26-15-19(13-24(31)27(26)35-17-18-6-5-9-23(30)12-18)14-25-29(33)36-28(32-25)22-11-10-20-7-3-4-8-21(20)16-22/h3-16H,2,17H2,1H3/b25-14-. The number of benzene rings is 4. The first kappa shape index (κ1) is 24.3. The van der Waals surface area contributed by atoms with Gasteiger partial charge in [0.05, 0.1) is 10.2 Å². The summed E-state index contributed by atoms with van der Waals surface area (Å²) in [5.74, 6) is 1.02. The predicted molar refractivity (Wildman–Crippen MR) is 151 cm³/mol. The predicted octanol–water partition coefficient (Wildman–Crippen LogP) is 7.42. The van der Waals surface area contributed by atoms with E-state index in [1.165, 1.54) is 0 Å². The first-order chi connectivity index (χ1) is 17.5. The SMILES string of the molecule is CCOc1cc(/C=C2\N=C(c3ccc4ccccc4c3)OC2=O)cc(I)c1OCc1cccc(Cl)c1. The summed E-state index contributed by atoms with van der Waals surface area (Å²) in [5.41, 5.74) is 2.69. The topological polar surface area (TPSA) is 57.1 Å². The number of carbonyl (C=O) groups is 1. The van der Waals surface area contributed by atoms with Gasteiger partial charge in [0.1, 0.15) is 6.61 Å². The molecule has 1 aliphatic heterocycles. The number of nitrogens with zero attached hydrogens (tertiary/aromatic N) is 1. The number of halogens is 2. The van der Waals surface area contributed by atoms with Crippen molar-refractivity contribution in [2.24, 2.45) is 4.99 Å². The second-order valence-electron chi connectivity index (χ2n) is 8.08. The zero-order valence-electron chi connectivity index (χ0n) is 19.3. The summed E-state index contributed by atoms with van der Waals surface area (Å²) < 4.78 is 18.3. The van der Waals surface area contributed by atoms with Crippen LogP contribution in [0.1, 0.15) is 23.6 Å². The van der Waals surface area contributed by atoms with Gasteiger partial charge in [0.2, 0.25) is 5.90 Å². The summed E-state index contributed by atoms with van der Waals surface area (Å²) in [6.45, 7) is 2.73. The van der Waals surface area contributed by atoms with E-state index in [4.69, 9.17) is 25.8 Å². The van der Waals surface area contributed by atoms with Crippen LogP contribution in [-0.4, -0.2) is 18.5 Å². The molecule has 0 saturated carbocycles. The van der Waals surface area contributed by atoms with Crippen molar-refractivity contribution in [2.75, 3.05) is 6.61 Å². The Morgan fingerprint density at radius 1 is 0.972 bits per heavy atom. The second kappa shape index (κ2) is 10.7. The van der Waals surface area contributed by atoms with Crippen LogP contribution in [0.25, 0.3) is 16.8 Å². The van der Waals surface area contributed by atoms with E-state index in [0.717, 1.165) is 31.0 Å². The first-order valence-corrected chi connectivity index (χ1v) is 12.8. The molecular formula is C29H21ClINO4. The van der Waals surface area contributed by atoms with Gasteiger partial charge in [0.25, 0.3) is 0 Å². The van der Waals surface area contributed by atoms with E-state index in [2.05, 4.69) is 27.6 Å². The summed E-state index contributed by atoms with van der Waals surface area (Å²) in [4.78, 5) is 17.1. The van der Waals surface area contributed by atoms with Crippen molar-refractivity contribution in [3.63, 3.8) is 0 Å². The summed E-state index contributed by atoms with van der Waals surface area (Å²) in [7, 11) is 0. The maximum Gasteiger partial charge on any atom is 0.363 e. The quantitative estimate of drug-likeness (QED) is 0.124. The number of cyclic esters (lactones) is 1. The first-order valence-electron chi connectivity index (χ1n) is 11.4. The van der Waals surface area contributed by atoms with Gasteiger partial charge in [-0.1, -0.05) is 54.1 Å². The van der Waals surface area contributed by atoms with Gasteiger partial charge >= 0.3 is 5.97 Å². The number of fused-ring (bicyclic) bond motifs is 1. The number of esters is 1. The Balaban J connectivity index is 1.42. The van der Waals surface area contributed by atoms with Gasteiger partial charge in [-0.25, -0.2) is 9.79 Å². The molecule has 5 rings (SSSR count). The average Bonchev–Trinajstić information content (AvgIpc) is 3.23. The number of carbonyl (C=O) groups excluding carboxylic acids is 1. The van der Waals surface area contributed by atoms with E-state index in [-0.39, 0.29) is 5.70 Å². The molecule has 36 heavy (non-hydrogen) atoms. The third kappa shape index (κ3) is 5.39. The maximum atomic E-state index is 12.6. The smallest absolute Gasteiger partial charge is 0.363 e. The maximum absolute atomic E-state index is 12.6. The van der Waals surface area contributed by atoms with Crippen molar-refractivity contribution in [3.05, 3.63) is 110 Å². The van der Waals surface area contributed by atoms with Crippen LogP contribution >= 0.6 is 34.2 Å². The normalized spacial score (nSPS) is 14.1. The molecule has 0 spiro atoms. The molecular weight excluding hydrogens is 589 g/mol. The Bertz CT molecular complexity index is 1530. The Labute approximate surface area is 227 Å². The molecule has 4 aromatic carbocycles. The van der Waals surface area contributed by atoms with Crippen molar-refractivity contribution < 1.29 is 19.0 Å². The van der Waals surface area contributed by atoms with Crippen molar-refractivity contribution >= 4 is 62.9 Å². The lowest BCUT2D eigenvalue weighted by Gasteiger charge is -2.15. The van der Waals surface area contributed by atoms with Crippen LogP contribution in [-0.2, 0) is 16.1 Å². The lowest BCUT2D eigenvalue weighted by atomic mass is 10.1. The molecule has 7 heteroatoms. The highest BCUT2D eigenvalue weighted by molar-refractivity contribution is 14.1. The molecule has 180 valence electrons. The minimum absolute atomic E-state index is 0.226. The van der Waals surface area contributed by atoms with Gasteiger partial charge in [-0.2, -0.15) is 0 Å². The van der Waals surface area contributed by atoms with Gasteiger partial charge in [0, 0.05) is 10.6 Å². The number of aliphatic imine (C=N–C) groups is 1. The third-order valence-corrected chi connectivity index (χ3v) is 6.56. The average molecular weight is 610 g/mol. The Morgan fingerprint density at radius 3 is 2.61 bits per heavy atom. The Kier molecular flexibility index (Phi) is 7.25. The van der Waals surface area contributed by atoms with Crippen LogP contribution in [0.2, 0.25) is 5.02 Å². The largest absolute Gasteiger partial charge is 0.490 e. The monoisotopic (exact) mass is 609 g/mol. The zero-order chi connectivity index (χ0) is 25.1. The summed E-state index contributed by atoms with van der Waals surface area (Å²) in [6, 6.07) is 25.1. The van der Waals surface area contributed by atoms with Gasteiger partial charge in [0.15, 0.2) is 17.2 Å². The highest BCUT2D eigenvalue weighted by Crippen LogP contribution is 2.36. The molecule has 5 nitrogen and oxygen atoms in total. The van der Waals surface area contributed by atoms with Crippen LogP contribution in [0.4, 0.5) is 0 Å². The summed E-state index contributed by atoms with van der Waals surface area (Å²) >= 11 is 8.29. The Hall–Kier alpha value is -3.36. The van der Waals surface area contributed by atoms with E-state index in [1.807, 2.05) is 85.8 Å². The number of hydrogen-bond acceptors (Lipinski definition) is 5. The van der Waals surface area contributed by atoms with E-state index >= 15 is 0 Å². The molecule has 4 aromatic rings. The third-order valence-electron chi connectivity index (χ3n) is 5.52. The number of hydrogen-bond donors (Lipinski definition) is 0. The molecule has 0 saturated heterocycles. The number of rotatable bonds is 7. The van der Waals surface area contributed by atoms with Gasteiger partial charge in [-0.15, -0.1) is 0 Å². The fourth-order valence-corrected chi connectivity index (χ4v) is 4.86. The fraction of sp³-hybridized carbons (Fsp3) is 0.103. The highest BCUT2D eigenvalue weighted by atomic mass is 127. The Morgan fingerprint density at radius 2 is 1.81 bits per heavy atom. The van der Waals surface area contributed by atoms with Crippen LogP contribution in [0.3, 0.4) is 0 Å². The molecule has 0 fully saturated rings. The number of ether oxygens (including phenoxy) is 3. The minimum atomic E-state index is -0.493. The second-order valence-corrected chi connectivity index (χ2v) is 9.68. The summed E-state index contributed by atoms with van der Waals surface area (Å²) in [5, 5.41) is 2.82. The van der Waals surface area contributed by atoms with Crippen molar-refractivity contribution in [1.29, 1.82) is 0 Å². The molecule has 0 unspecified atom stereocenters. The van der Waals surface area contributed by atoms with Crippen molar-refractivity contribution in [1.82, 2.24) is 0 Å². The molecule has 1 aliphatic rings. The van der Waals surface area contributed by atoms with Crippen LogP contribution in [0.15, 0.2) is 89.6 Å². The van der Waals surface area contributed by atoms with Crippen LogP contribution < -0.4 is 9.47 Å². The molecule has 0 amide bonds. The van der Waals surface area contributed by atoms with E-state index in [1.54, 1.807) is 6.08 Å². The molecule has 0 aliphatic carbocycles. The van der Waals surface area contributed by atoms with Gasteiger partial charge in [-0.3, -0.25) is 0 Å². The van der Waals surface area contributed by atoms with Crippen LogP contribution in [0, 0.1) is 3.57 Å². The molecule has 0 aromatic heterocycles. The van der Waals surface area contributed by atoms with E-state index < -0.39 is 5.97 Å². The summed E-state index contributed by atoms with van der Waals surface area (Å²) in [6.07, 6.45) is 1.70. The lowest BCUT2D eigenvalue weighted by molar-refractivity contribution is -0.129. The van der Waals surface area contributed by atoms with E-state index in [0.29, 0.717) is 35.6 Å². The van der Waals surface area contributed by atoms with Crippen molar-refractivity contribution in [3.8, 4) is 11.5 Å². The molecule has 0 bridgehead atoms. The lowest BCUT2D eigenvalue weighted by Crippen LogP contribution is -2.05. The fourth-order valence-electron chi connectivity index (χ4n) is 3.87. The van der Waals surface area contributed by atoms with Crippen molar-refractivity contribution in [2.45, 2.75) is 13.5 Å². The molecule has 0 N–H and O–H groups in total.